The number of hydrogen-bond acceptors (Lipinski definition) is 8. The number of ether oxygens (including phenoxy) is 2. The molecule has 0 aliphatic carbocycles. The number of hydrogen-bond donors (Lipinski definition) is 1. The van der Waals surface area contributed by atoms with Gasteiger partial charge in [0.15, 0.2) is 0 Å². The number of carbonyl (C=O) groups is 3. The predicted octanol–water partition coefficient (Wildman–Crippen LogP) is 9.02. The number of methoxy groups -OCH3 is 1. The molecule has 1 aromatic heterocycles. The lowest BCUT2D eigenvalue weighted by Gasteiger charge is -2.45. The third kappa shape index (κ3) is 11.3. The Morgan fingerprint density at radius 2 is 1.75 bits per heavy atom. The number of carbonyl (C=O) groups excluding carboxylic acids is 2. The lowest BCUT2D eigenvalue weighted by atomic mass is 9.73. The number of piperidine rings is 2. The highest BCUT2D eigenvalue weighted by molar-refractivity contribution is 7.10. The Bertz CT molecular complexity index is 1930. The average Bonchev–Trinajstić information content (AvgIpc) is 3.57. The molecule has 5 rings (SSSR count). The van der Waals surface area contributed by atoms with Crippen molar-refractivity contribution >= 4 is 35.3 Å². The fourth-order valence-corrected chi connectivity index (χ4v) is 8.49. The third-order valence-electron chi connectivity index (χ3n) is 11.0. The molecule has 3 aliphatic rings. The van der Waals surface area contributed by atoms with E-state index in [1.165, 1.54) is 23.5 Å². The number of alkyl halides is 6. The van der Waals surface area contributed by atoms with Gasteiger partial charge in [0, 0.05) is 54.5 Å². The zero-order valence-corrected chi connectivity index (χ0v) is 34.3. The van der Waals surface area contributed by atoms with Crippen molar-refractivity contribution in [2.45, 2.75) is 95.9 Å². The fraction of sp³-hybridized carbons (Fsp3) is 0.548. The fourth-order valence-electron chi connectivity index (χ4n) is 7.76. The molecule has 2 amide bonds. The van der Waals surface area contributed by atoms with Gasteiger partial charge in [0.1, 0.15) is 23.0 Å². The van der Waals surface area contributed by atoms with Crippen LogP contribution in [0.5, 0.6) is 11.5 Å². The van der Waals surface area contributed by atoms with Crippen LogP contribution in [-0.4, -0.2) is 91.0 Å². The van der Waals surface area contributed by atoms with Crippen molar-refractivity contribution in [3.63, 3.8) is 0 Å². The first-order valence-corrected chi connectivity index (χ1v) is 20.4. The van der Waals surface area contributed by atoms with Crippen LogP contribution in [-0.2, 0) is 26.0 Å². The molecule has 0 saturated carbocycles. The van der Waals surface area contributed by atoms with Crippen molar-refractivity contribution in [1.82, 2.24) is 9.80 Å². The molecule has 4 heterocycles. The Labute approximate surface area is 344 Å². The highest BCUT2D eigenvalue weighted by Gasteiger charge is 2.46. The Kier molecular flexibility index (Phi) is 15.8. The standard InChI is InChI=1S/C36H45F3N4O5.C6H5F3OS/c1-4-9-29-26(10-8-20-43(29)32(45)25-13-18-41-19-14-27(25)36(37,38)39)31(44)42-21-16-35(23-40,17-22-42)28-11-6-7-12-30(28)48-24-34(3,15-5-2)33(46)47;1-10-4-2-5(11-3-4)6(7,8)9/h6-7,11-14,19,26,29H,4-5,8-10,15-18,20-22,24H2,1-3H3,(H,46,47);2-3H,1H3. The van der Waals surface area contributed by atoms with E-state index in [9.17, 15) is 51.1 Å². The zero-order valence-electron chi connectivity index (χ0n) is 33.5. The molecule has 0 spiro atoms. The van der Waals surface area contributed by atoms with E-state index in [4.69, 9.17) is 4.74 Å². The SMILES string of the molecule is CCCC1C(C(=O)N2CCC(C#N)(c3ccccc3OCC(C)(CCC)C(=O)O)CC2)CCCN1C(=O)C1=CCN=CC=C1C(F)(F)F.COc1csc(C(F)(F)F)c1. The van der Waals surface area contributed by atoms with Gasteiger partial charge in [0.25, 0.3) is 5.91 Å². The molecule has 2 aromatic rings. The van der Waals surface area contributed by atoms with Gasteiger partial charge in [-0.3, -0.25) is 19.4 Å². The number of thiophene rings is 1. The van der Waals surface area contributed by atoms with Gasteiger partial charge in [-0.25, -0.2) is 0 Å². The van der Waals surface area contributed by atoms with Crippen LogP contribution in [0, 0.1) is 22.7 Å². The number of amides is 2. The molecule has 3 atom stereocenters. The van der Waals surface area contributed by atoms with Gasteiger partial charge < -0.3 is 24.4 Å². The quantitative estimate of drug-likeness (QED) is 0.211. The molecule has 3 unspecified atom stereocenters. The number of aliphatic imine (C=N–C) groups is 1. The molecule has 322 valence electrons. The summed E-state index contributed by atoms with van der Waals surface area (Å²) in [6.07, 6.45) is -2.06. The largest absolute Gasteiger partial charge is 0.496 e. The van der Waals surface area contributed by atoms with Crippen LogP contribution in [0.3, 0.4) is 0 Å². The molecule has 0 bridgehead atoms. The summed E-state index contributed by atoms with van der Waals surface area (Å²) in [5.41, 5.74) is -2.89. The molecular weight excluding hydrogens is 803 g/mol. The van der Waals surface area contributed by atoms with Gasteiger partial charge in [0.2, 0.25) is 5.91 Å². The number of nitrogens with zero attached hydrogens (tertiary/aromatic N) is 4. The number of benzene rings is 1. The lowest BCUT2D eigenvalue weighted by molar-refractivity contribution is -0.150. The summed E-state index contributed by atoms with van der Waals surface area (Å²) in [4.78, 5) is 46.3. The van der Waals surface area contributed by atoms with Crippen LogP contribution in [0.1, 0.15) is 82.6 Å². The summed E-state index contributed by atoms with van der Waals surface area (Å²) >= 11 is 0.631. The molecule has 3 aliphatic heterocycles. The summed E-state index contributed by atoms with van der Waals surface area (Å²) in [5, 5.41) is 21.6. The molecule has 2 fully saturated rings. The Balaban J connectivity index is 0.000000603. The molecule has 59 heavy (non-hydrogen) atoms. The minimum Gasteiger partial charge on any atom is -0.496 e. The monoisotopic (exact) mass is 852 g/mol. The molecule has 1 aromatic carbocycles. The first-order chi connectivity index (χ1) is 27.9. The van der Waals surface area contributed by atoms with Gasteiger partial charge in [-0.15, -0.1) is 11.3 Å². The van der Waals surface area contributed by atoms with Crippen molar-refractivity contribution in [2.75, 3.05) is 39.9 Å². The summed E-state index contributed by atoms with van der Waals surface area (Å²) < 4.78 is 88.2. The second-order valence-electron chi connectivity index (χ2n) is 15.1. The van der Waals surface area contributed by atoms with Crippen LogP contribution in [0.25, 0.3) is 0 Å². The molecule has 0 radical (unpaired) electrons. The van der Waals surface area contributed by atoms with Crippen molar-refractivity contribution in [3.05, 3.63) is 69.5 Å². The summed E-state index contributed by atoms with van der Waals surface area (Å²) in [5.74, 6) is -1.74. The minimum atomic E-state index is -4.74. The second-order valence-corrected chi connectivity index (χ2v) is 16.0. The van der Waals surface area contributed by atoms with Gasteiger partial charge in [-0.2, -0.15) is 31.6 Å². The highest BCUT2D eigenvalue weighted by Crippen LogP contribution is 2.42. The van der Waals surface area contributed by atoms with E-state index in [0.717, 1.165) is 18.4 Å². The van der Waals surface area contributed by atoms with E-state index >= 15 is 0 Å². The number of rotatable bonds is 12. The second kappa shape index (κ2) is 19.9. The molecule has 17 heteroatoms. The van der Waals surface area contributed by atoms with Crippen molar-refractivity contribution in [3.8, 4) is 17.6 Å². The number of carboxylic acids is 1. The number of halogens is 6. The highest BCUT2D eigenvalue weighted by atomic mass is 32.1. The van der Waals surface area contributed by atoms with Crippen LogP contribution >= 0.6 is 11.3 Å². The number of carboxylic acid groups (broad SMARTS) is 1. The molecule has 10 nitrogen and oxygen atoms in total. The van der Waals surface area contributed by atoms with Crippen LogP contribution in [0.4, 0.5) is 26.3 Å². The minimum absolute atomic E-state index is 0.0496. The van der Waals surface area contributed by atoms with Crippen molar-refractivity contribution in [2.24, 2.45) is 16.3 Å². The first kappa shape index (κ1) is 46.8. The zero-order chi connectivity index (χ0) is 43.6. The molecule has 1 N–H and O–H groups in total. The molecular formula is C42H50F6N4O6S. The summed E-state index contributed by atoms with van der Waals surface area (Å²) in [6, 6.07) is 10.0. The number of para-hydroxylation sites is 1. The lowest BCUT2D eigenvalue weighted by Crippen LogP contribution is -2.55. The van der Waals surface area contributed by atoms with Gasteiger partial charge in [-0.1, -0.05) is 44.9 Å². The number of nitriles is 1. The Morgan fingerprint density at radius 3 is 2.31 bits per heavy atom. The summed E-state index contributed by atoms with van der Waals surface area (Å²) in [6.45, 7) is 6.17. The smallest absolute Gasteiger partial charge is 0.425 e. The van der Waals surface area contributed by atoms with Crippen molar-refractivity contribution in [1.29, 1.82) is 5.26 Å². The van der Waals surface area contributed by atoms with E-state index in [1.54, 1.807) is 30.0 Å². The molecule has 2 saturated heterocycles. The Morgan fingerprint density at radius 1 is 1.05 bits per heavy atom. The van der Waals surface area contributed by atoms with Crippen molar-refractivity contribution < 1.29 is 55.3 Å². The predicted molar refractivity (Wildman–Crippen MR) is 210 cm³/mol. The Hall–Kier alpha value is -4.85. The van der Waals surface area contributed by atoms with Crippen LogP contribution in [0.2, 0.25) is 0 Å². The van der Waals surface area contributed by atoms with Crippen LogP contribution < -0.4 is 9.47 Å². The van der Waals surface area contributed by atoms with E-state index in [0.29, 0.717) is 74.0 Å². The normalized spacial score (nSPS) is 20.4. The average molecular weight is 853 g/mol. The number of allylic oxidation sites excluding steroid dienone is 1. The van der Waals surface area contributed by atoms with E-state index in [2.05, 4.69) is 15.8 Å². The van der Waals surface area contributed by atoms with Gasteiger partial charge in [0.05, 0.1) is 42.0 Å². The van der Waals surface area contributed by atoms with Gasteiger partial charge in [-0.05, 0) is 63.7 Å². The maximum absolute atomic E-state index is 14.1. The van der Waals surface area contributed by atoms with E-state index in [1.807, 2.05) is 19.9 Å². The maximum atomic E-state index is 14.1. The van der Waals surface area contributed by atoms with Gasteiger partial charge >= 0.3 is 18.3 Å². The third-order valence-corrected chi connectivity index (χ3v) is 12.0. The van der Waals surface area contributed by atoms with Crippen LogP contribution in [0.15, 0.2) is 64.0 Å². The summed E-state index contributed by atoms with van der Waals surface area (Å²) in [7, 11) is 1.34. The van der Waals surface area contributed by atoms with E-state index < -0.39 is 63.0 Å². The first-order valence-electron chi connectivity index (χ1n) is 19.5. The van der Waals surface area contributed by atoms with E-state index in [-0.39, 0.29) is 44.4 Å². The number of aliphatic carboxylic acids is 1. The topological polar surface area (TPSA) is 133 Å². The maximum Gasteiger partial charge on any atom is 0.425 e. The number of likely N-dealkylation sites (tertiary alicyclic amines) is 2.